The van der Waals surface area contributed by atoms with Gasteiger partial charge >= 0.3 is 5.97 Å². The van der Waals surface area contributed by atoms with Crippen LogP contribution in [0.2, 0.25) is 5.15 Å². The van der Waals surface area contributed by atoms with Gasteiger partial charge in [0, 0.05) is 7.11 Å². The average Bonchev–Trinajstić information content (AvgIpc) is 2.45. The van der Waals surface area contributed by atoms with Gasteiger partial charge in [0.05, 0.1) is 30.3 Å². The molecule has 0 aliphatic carbocycles. The average molecular weight is 297 g/mol. The second-order valence-electron chi connectivity index (χ2n) is 3.93. The topological polar surface area (TPSA) is 99.4 Å². The summed E-state index contributed by atoms with van der Waals surface area (Å²) in [6.07, 6.45) is 0. The highest BCUT2D eigenvalue weighted by Crippen LogP contribution is 2.24. The number of halogens is 1. The summed E-state index contributed by atoms with van der Waals surface area (Å²) in [6, 6.07) is 3.25. The van der Waals surface area contributed by atoms with Crippen LogP contribution in [0.3, 0.4) is 0 Å². The monoisotopic (exact) mass is 296 g/mol. The number of hydrogen-bond acceptors (Lipinski definition) is 7. The van der Waals surface area contributed by atoms with Crippen LogP contribution in [0.5, 0.6) is 0 Å². The molecule has 0 unspecified atom stereocenters. The van der Waals surface area contributed by atoms with Crippen LogP contribution in [0.25, 0.3) is 11.0 Å². The van der Waals surface area contributed by atoms with Gasteiger partial charge in [0.2, 0.25) is 0 Å². The number of nitrogen functional groups attached to an aromatic ring is 1. The van der Waals surface area contributed by atoms with E-state index in [1.165, 1.54) is 14.2 Å². The normalized spacial score (nSPS) is 10.6. The molecule has 0 fully saturated rings. The summed E-state index contributed by atoms with van der Waals surface area (Å²) >= 11 is 5.91. The van der Waals surface area contributed by atoms with Gasteiger partial charge in [-0.3, -0.25) is 0 Å². The van der Waals surface area contributed by atoms with E-state index in [4.69, 9.17) is 26.9 Å². The molecule has 0 amide bonds. The van der Waals surface area contributed by atoms with E-state index in [0.717, 1.165) is 0 Å². The number of rotatable bonds is 4. The fourth-order valence-electron chi connectivity index (χ4n) is 1.79. The van der Waals surface area contributed by atoms with Crippen molar-refractivity contribution in [2.24, 2.45) is 5.84 Å². The van der Waals surface area contributed by atoms with Crippen molar-refractivity contribution in [1.82, 2.24) is 9.97 Å². The summed E-state index contributed by atoms with van der Waals surface area (Å²) in [6.45, 7) is 0.246. The van der Waals surface area contributed by atoms with Gasteiger partial charge in [-0.2, -0.15) is 0 Å². The molecule has 0 radical (unpaired) electrons. The molecule has 0 saturated carbocycles. The van der Waals surface area contributed by atoms with Crippen molar-refractivity contribution in [3.05, 3.63) is 28.4 Å². The predicted molar refractivity (Wildman–Crippen MR) is 74.4 cm³/mol. The molecule has 0 atom stereocenters. The van der Waals surface area contributed by atoms with Crippen molar-refractivity contribution in [1.29, 1.82) is 0 Å². The van der Waals surface area contributed by atoms with Crippen LogP contribution in [-0.4, -0.2) is 30.2 Å². The molecule has 8 heteroatoms. The third-order valence-corrected chi connectivity index (χ3v) is 2.95. The van der Waals surface area contributed by atoms with E-state index in [-0.39, 0.29) is 17.6 Å². The van der Waals surface area contributed by atoms with E-state index in [1.807, 2.05) is 0 Å². The molecule has 20 heavy (non-hydrogen) atoms. The minimum Gasteiger partial charge on any atom is -0.465 e. The first-order chi connectivity index (χ1) is 9.60. The van der Waals surface area contributed by atoms with Crippen molar-refractivity contribution in [2.45, 2.75) is 6.61 Å². The highest BCUT2D eigenvalue weighted by molar-refractivity contribution is 6.32. The summed E-state index contributed by atoms with van der Waals surface area (Å²) in [7, 11) is 2.84. The molecule has 3 N–H and O–H groups in total. The smallest absolute Gasteiger partial charge is 0.338 e. The number of methoxy groups -OCH3 is 2. The summed E-state index contributed by atoms with van der Waals surface area (Å²) < 4.78 is 9.81. The Bertz CT molecular complexity index is 663. The van der Waals surface area contributed by atoms with E-state index >= 15 is 0 Å². The Hall–Kier alpha value is -1.96. The number of benzene rings is 1. The molecular weight excluding hydrogens is 284 g/mol. The van der Waals surface area contributed by atoms with E-state index in [0.29, 0.717) is 22.2 Å². The third-order valence-electron chi connectivity index (χ3n) is 2.69. The number of hydrazine groups is 1. The van der Waals surface area contributed by atoms with Gasteiger partial charge in [0.1, 0.15) is 0 Å². The lowest BCUT2D eigenvalue weighted by molar-refractivity contribution is 0.0596. The molecule has 106 valence electrons. The molecular formula is C12H13ClN4O3. The molecule has 7 nitrogen and oxygen atoms in total. The molecule has 2 rings (SSSR count). The molecule has 0 saturated heterocycles. The van der Waals surface area contributed by atoms with Crippen LogP contribution in [0.15, 0.2) is 12.1 Å². The van der Waals surface area contributed by atoms with Crippen molar-refractivity contribution in [3.63, 3.8) is 0 Å². The van der Waals surface area contributed by atoms with Gasteiger partial charge < -0.3 is 14.9 Å². The molecule has 1 heterocycles. The maximum Gasteiger partial charge on any atom is 0.338 e. The minimum atomic E-state index is -0.474. The maximum absolute atomic E-state index is 11.8. The molecule has 0 bridgehead atoms. The lowest BCUT2D eigenvalue weighted by Gasteiger charge is -2.10. The quantitative estimate of drug-likeness (QED) is 0.501. The number of hydrogen-bond donors (Lipinski definition) is 2. The minimum absolute atomic E-state index is 0.121. The first-order valence-corrected chi connectivity index (χ1v) is 6.02. The molecule has 2 aromatic rings. The van der Waals surface area contributed by atoms with E-state index in [1.54, 1.807) is 12.1 Å². The van der Waals surface area contributed by atoms with Gasteiger partial charge in [-0.1, -0.05) is 11.6 Å². The Labute approximate surface area is 120 Å². The molecule has 0 spiro atoms. The van der Waals surface area contributed by atoms with Crippen molar-refractivity contribution >= 4 is 34.4 Å². The Kier molecular flexibility index (Phi) is 4.33. The van der Waals surface area contributed by atoms with Crippen molar-refractivity contribution in [2.75, 3.05) is 19.6 Å². The zero-order valence-corrected chi connectivity index (χ0v) is 11.7. The van der Waals surface area contributed by atoms with Crippen molar-refractivity contribution in [3.8, 4) is 0 Å². The second-order valence-corrected chi connectivity index (χ2v) is 4.29. The van der Waals surface area contributed by atoms with Gasteiger partial charge in [-0.15, -0.1) is 0 Å². The first kappa shape index (κ1) is 14.4. The number of nitrogens with two attached hydrogens (primary N) is 1. The number of nitrogens with zero attached hydrogens (tertiary/aromatic N) is 2. The van der Waals surface area contributed by atoms with Crippen LogP contribution in [-0.2, 0) is 16.1 Å². The zero-order chi connectivity index (χ0) is 14.7. The number of fused-ring (bicyclic) bond motifs is 1. The molecule has 1 aromatic heterocycles. The van der Waals surface area contributed by atoms with E-state index < -0.39 is 5.97 Å². The molecule has 0 aliphatic heterocycles. The molecule has 0 aliphatic rings. The van der Waals surface area contributed by atoms with E-state index in [9.17, 15) is 4.79 Å². The number of aromatic nitrogens is 2. The Morgan fingerprint density at radius 3 is 2.65 bits per heavy atom. The number of ether oxygens (including phenoxy) is 2. The summed E-state index contributed by atoms with van der Waals surface area (Å²) in [4.78, 5) is 20.1. The lowest BCUT2D eigenvalue weighted by Crippen LogP contribution is -2.11. The number of esters is 1. The largest absolute Gasteiger partial charge is 0.465 e. The van der Waals surface area contributed by atoms with Crippen LogP contribution in [0, 0.1) is 0 Å². The van der Waals surface area contributed by atoms with Gasteiger partial charge in [0.15, 0.2) is 11.0 Å². The highest BCUT2D eigenvalue weighted by Gasteiger charge is 2.16. The predicted octanol–water partition coefficient (Wildman–Crippen LogP) is 1.50. The first-order valence-electron chi connectivity index (χ1n) is 5.64. The van der Waals surface area contributed by atoms with Crippen LogP contribution in [0.4, 0.5) is 5.82 Å². The van der Waals surface area contributed by atoms with Crippen LogP contribution < -0.4 is 11.3 Å². The number of anilines is 1. The maximum atomic E-state index is 11.8. The summed E-state index contributed by atoms with van der Waals surface area (Å²) in [5.74, 6) is 5.09. The summed E-state index contributed by atoms with van der Waals surface area (Å²) in [5, 5.41) is 0.121. The zero-order valence-electron chi connectivity index (χ0n) is 10.9. The number of carbonyl (C=O) groups excluding carboxylic acids is 1. The van der Waals surface area contributed by atoms with Gasteiger partial charge in [-0.25, -0.2) is 20.6 Å². The number of nitrogens with one attached hydrogen (secondary N) is 1. The second kappa shape index (κ2) is 6.00. The standard InChI is InChI=1S/C12H13ClN4O3/c1-19-5-6-3-8-9(4-7(6)12(18)20-2)15-10(13)11(16-8)17-14/h3-4H,5,14H2,1-2H3,(H,16,17). The Morgan fingerprint density at radius 1 is 1.35 bits per heavy atom. The van der Waals surface area contributed by atoms with Crippen molar-refractivity contribution < 1.29 is 14.3 Å². The Morgan fingerprint density at radius 2 is 2.05 bits per heavy atom. The fraction of sp³-hybridized carbons (Fsp3) is 0.250. The summed E-state index contributed by atoms with van der Waals surface area (Å²) in [5.41, 5.74) is 4.38. The third kappa shape index (κ3) is 2.64. The van der Waals surface area contributed by atoms with Gasteiger partial charge in [-0.05, 0) is 17.7 Å². The fourth-order valence-corrected chi connectivity index (χ4v) is 1.98. The Balaban J connectivity index is 2.67. The SMILES string of the molecule is COCc1cc2nc(NN)c(Cl)nc2cc1C(=O)OC. The number of carbonyl (C=O) groups is 1. The van der Waals surface area contributed by atoms with Crippen LogP contribution >= 0.6 is 11.6 Å². The van der Waals surface area contributed by atoms with Gasteiger partial charge in [0.25, 0.3) is 0 Å². The molecule has 1 aromatic carbocycles. The van der Waals surface area contributed by atoms with E-state index in [2.05, 4.69) is 15.4 Å². The van der Waals surface area contributed by atoms with Crippen LogP contribution in [0.1, 0.15) is 15.9 Å². The lowest BCUT2D eigenvalue weighted by atomic mass is 10.1. The highest BCUT2D eigenvalue weighted by atomic mass is 35.5.